The zero-order chi connectivity index (χ0) is 14.2. The highest BCUT2D eigenvalue weighted by Crippen LogP contribution is 2.27. The minimum Gasteiger partial charge on any atom is -0.359 e. The van der Waals surface area contributed by atoms with Crippen LogP contribution in [-0.4, -0.2) is 13.6 Å². The van der Waals surface area contributed by atoms with E-state index in [-0.39, 0.29) is 4.90 Å². The first-order valence-corrected chi connectivity index (χ1v) is 7.81. The van der Waals surface area contributed by atoms with Gasteiger partial charge in [0.1, 0.15) is 11.4 Å². The number of hydrogen-bond donors (Lipinski definition) is 1. The van der Waals surface area contributed by atoms with E-state index in [9.17, 15) is 8.42 Å². The minimum absolute atomic E-state index is 0.224. The van der Waals surface area contributed by atoms with Gasteiger partial charge < -0.3 is 4.52 Å². The van der Waals surface area contributed by atoms with Crippen molar-refractivity contribution >= 4 is 31.6 Å². The van der Waals surface area contributed by atoms with Gasteiger partial charge in [0.05, 0.1) is 4.90 Å². The van der Waals surface area contributed by atoms with E-state index in [1.165, 1.54) is 0 Å². The van der Waals surface area contributed by atoms with E-state index in [2.05, 4.69) is 25.8 Å². The molecule has 1 aromatic heterocycles. The van der Waals surface area contributed by atoms with Gasteiger partial charge >= 0.3 is 0 Å². The molecule has 0 saturated heterocycles. The molecule has 0 amide bonds. The Labute approximate surface area is 120 Å². The molecule has 0 bridgehead atoms. The molecule has 7 heteroatoms. The van der Waals surface area contributed by atoms with E-state index < -0.39 is 10.0 Å². The molecule has 0 spiro atoms. The van der Waals surface area contributed by atoms with Crippen LogP contribution in [0.25, 0.3) is 0 Å². The Hall–Kier alpha value is -1.34. The van der Waals surface area contributed by atoms with Crippen LogP contribution in [0.3, 0.4) is 0 Å². The van der Waals surface area contributed by atoms with Gasteiger partial charge in [0.15, 0.2) is 5.76 Å². The van der Waals surface area contributed by atoms with Crippen LogP contribution >= 0.6 is 15.9 Å². The fourth-order valence-corrected chi connectivity index (χ4v) is 3.64. The van der Waals surface area contributed by atoms with Crippen molar-refractivity contribution < 1.29 is 12.9 Å². The van der Waals surface area contributed by atoms with E-state index in [1.54, 1.807) is 39.0 Å². The fraction of sp³-hybridized carbons (Fsp3) is 0.250. The maximum Gasteiger partial charge on any atom is 0.262 e. The van der Waals surface area contributed by atoms with Crippen molar-refractivity contribution in [2.75, 3.05) is 4.72 Å². The monoisotopic (exact) mass is 344 g/mol. The van der Waals surface area contributed by atoms with Crippen LogP contribution in [0.2, 0.25) is 0 Å². The summed E-state index contributed by atoms with van der Waals surface area (Å²) in [5, 5.41) is 3.72. The van der Waals surface area contributed by atoms with Crippen molar-refractivity contribution in [3.05, 3.63) is 39.7 Å². The highest BCUT2D eigenvalue weighted by molar-refractivity contribution is 9.10. The standard InChI is InChI=1S/C12H13BrN2O3S/c1-7-10(13)5-4-6-11(7)19(16,17)15-12-8(2)14-18-9(12)3/h4-6,15H,1-3H3. The number of aryl methyl sites for hydroxylation is 2. The van der Waals surface area contributed by atoms with Gasteiger partial charge in [0.2, 0.25) is 0 Å². The average Bonchev–Trinajstić information content (AvgIpc) is 2.64. The molecule has 1 heterocycles. The molecule has 2 rings (SSSR count). The maximum atomic E-state index is 12.4. The number of aromatic nitrogens is 1. The van der Waals surface area contributed by atoms with E-state index in [0.717, 1.165) is 4.47 Å². The predicted octanol–water partition coefficient (Wildman–Crippen LogP) is 3.16. The lowest BCUT2D eigenvalue weighted by atomic mass is 10.2. The fourth-order valence-electron chi connectivity index (χ4n) is 1.70. The molecular weight excluding hydrogens is 332 g/mol. The number of halogens is 1. The average molecular weight is 345 g/mol. The summed E-state index contributed by atoms with van der Waals surface area (Å²) in [6, 6.07) is 5.03. The van der Waals surface area contributed by atoms with Crippen molar-refractivity contribution in [3.8, 4) is 0 Å². The molecule has 0 saturated carbocycles. The zero-order valence-corrected chi connectivity index (χ0v) is 13.1. The summed E-state index contributed by atoms with van der Waals surface area (Å²) in [6.07, 6.45) is 0. The zero-order valence-electron chi connectivity index (χ0n) is 10.7. The molecule has 19 heavy (non-hydrogen) atoms. The van der Waals surface area contributed by atoms with Crippen LogP contribution in [0.5, 0.6) is 0 Å². The molecule has 1 aromatic carbocycles. The van der Waals surface area contributed by atoms with Crippen LogP contribution in [0.15, 0.2) is 32.1 Å². The van der Waals surface area contributed by atoms with Gasteiger partial charge in [-0.1, -0.05) is 27.2 Å². The second-order valence-electron chi connectivity index (χ2n) is 4.17. The quantitative estimate of drug-likeness (QED) is 0.928. The highest BCUT2D eigenvalue weighted by Gasteiger charge is 2.21. The summed E-state index contributed by atoms with van der Waals surface area (Å²) >= 11 is 3.32. The predicted molar refractivity (Wildman–Crippen MR) is 75.7 cm³/mol. The number of nitrogens with one attached hydrogen (secondary N) is 1. The summed E-state index contributed by atoms with van der Waals surface area (Å²) in [4.78, 5) is 0.224. The van der Waals surface area contributed by atoms with Crippen molar-refractivity contribution in [1.29, 1.82) is 0 Å². The number of nitrogens with zero attached hydrogens (tertiary/aromatic N) is 1. The second kappa shape index (κ2) is 4.97. The molecule has 102 valence electrons. The summed E-state index contributed by atoms with van der Waals surface area (Å²) < 4.78 is 33.0. The van der Waals surface area contributed by atoms with Crippen molar-refractivity contribution in [2.45, 2.75) is 25.7 Å². The molecule has 0 atom stereocenters. The molecule has 2 aromatic rings. The van der Waals surface area contributed by atoms with Crippen molar-refractivity contribution in [3.63, 3.8) is 0 Å². The molecule has 0 aliphatic heterocycles. The smallest absolute Gasteiger partial charge is 0.262 e. The van der Waals surface area contributed by atoms with Crippen molar-refractivity contribution in [2.24, 2.45) is 0 Å². The maximum absolute atomic E-state index is 12.4. The van der Waals surface area contributed by atoms with E-state index in [0.29, 0.717) is 22.7 Å². The summed E-state index contributed by atoms with van der Waals surface area (Å²) in [5.41, 5.74) is 1.55. The van der Waals surface area contributed by atoms with Gasteiger partial charge in [-0.25, -0.2) is 8.42 Å². The van der Waals surface area contributed by atoms with Gasteiger partial charge in [-0.05, 0) is 38.5 Å². The lowest BCUT2D eigenvalue weighted by Gasteiger charge is -2.10. The normalized spacial score (nSPS) is 11.6. The van der Waals surface area contributed by atoms with Crippen LogP contribution in [0.1, 0.15) is 17.0 Å². The third-order valence-corrected chi connectivity index (χ3v) is 5.13. The summed E-state index contributed by atoms with van der Waals surface area (Å²) in [7, 11) is -3.66. The van der Waals surface area contributed by atoms with Crippen LogP contribution < -0.4 is 4.72 Å². The number of rotatable bonds is 3. The molecule has 5 nitrogen and oxygen atoms in total. The Kier molecular flexibility index (Phi) is 3.69. The van der Waals surface area contributed by atoms with Gasteiger partial charge in [0, 0.05) is 4.47 Å². The molecule has 0 aliphatic carbocycles. The van der Waals surface area contributed by atoms with Crippen LogP contribution in [-0.2, 0) is 10.0 Å². The van der Waals surface area contributed by atoms with Gasteiger partial charge in [-0.2, -0.15) is 0 Å². The Morgan fingerprint density at radius 1 is 1.26 bits per heavy atom. The summed E-state index contributed by atoms with van der Waals surface area (Å²) in [5.74, 6) is 0.439. The minimum atomic E-state index is -3.66. The summed E-state index contributed by atoms with van der Waals surface area (Å²) in [6.45, 7) is 5.08. The van der Waals surface area contributed by atoms with E-state index >= 15 is 0 Å². The first-order valence-electron chi connectivity index (χ1n) is 5.53. The van der Waals surface area contributed by atoms with Gasteiger partial charge in [-0.15, -0.1) is 0 Å². The largest absolute Gasteiger partial charge is 0.359 e. The number of benzene rings is 1. The van der Waals surface area contributed by atoms with Crippen LogP contribution in [0.4, 0.5) is 5.69 Å². The third-order valence-electron chi connectivity index (χ3n) is 2.78. The Morgan fingerprint density at radius 2 is 1.95 bits per heavy atom. The highest BCUT2D eigenvalue weighted by atomic mass is 79.9. The number of hydrogen-bond acceptors (Lipinski definition) is 4. The third kappa shape index (κ3) is 2.66. The van der Waals surface area contributed by atoms with Gasteiger partial charge in [-0.3, -0.25) is 4.72 Å². The van der Waals surface area contributed by atoms with Crippen molar-refractivity contribution in [1.82, 2.24) is 5.16 Å². The number of anilines is 1. The molecule has 0 aliphatic rings. The van der Waals surface area contributed by atoms with E-state index in [1.807, 2.05) is 0 Å². The topological polar surface area (TPSA) is 72.2 Å². The molecule has 1 N–H and O–H groups in total. The second-order valence-corrected chi connectivity index (χ2v) is 6.67. The molecule has 0 fully saturated rings. The first kappa shape index (κ1) is 14.1. The SMILES string of the molecule is Cc1noc(C)c1NS(=O)(=O)c1cccc(Br)c1C. The molecular formula is C12H13BrN2O3S. The van der Waals surface area contributed by atoms with E-state index in [4.69, 9.17) is 4.52 Å². The lowest BCUT2D eigenvalue weighted by Crippen LogP contribution is -2.15. The Morgan fingerprint density at radius 3 is 2.53 bits per heavy atom. The number of sulfonamides is 1. The van der Waals surface area contributed by atoms with Gasteiger partial charge in [0.25, 0.3) is 10.0 Å². The lowest BCUT2D eigenvalue weighted by molar-refractivity contribution is 0.393. The molecule has 0 radical (unpaired) electrons. The van der Waals surface area contributed by atoms with Crippen LogP contribution in [0, 0.1) is 20.8 Å². The Bertz CT molecular complexity index is 703. The molecule has 0 unspecified atom stereocenters. The first-order chi connectivity index (χ1) is 8.83. The Balaban J connectivity index is 2.47.